The average Bonchev–Trinajstić information content (AvgIpc) is 2.61. The van der Waals surface area contributed by atoms with Gasteiger partial charge in [-0.1, -0.05) is 28.1 Å². The molecule has 1 aliphatic heterocycles. The van der Waals surface area contributed by atoms with E-state index in [0.717, 1.165) is 11.4 Å². The van der Waals surface area contributed by atoms with Crippen LogP contribution in [0.1, 0.15) is 10.4 Å². The molecule has 0 aromatic heterocycles. The lowest BCUT2D eigenvalue weighted by Crippen LogP contribution is -2.49. The Kier molecular flexibility index (Phi) is 5.04. The smallest absolute Gasteiger partial charge is 0.256 e. The summed E-state index contributed by atoms with van der Waals surface area (Å²) in [4.78, 5) is 16.4. The molecule has 2 aromatic carbocycles. The minimum Gasteiger partial charge on any atom is -0.495 e. The highest BCUT2D eigenvalue weighted by Gasteiger charge is 2.25. The van der Waals surface area contributed by atoms with E-state index in [0.29, 0.717) is 30.7 Å². The highest BCUT2D eigenvalue weighted by Crippen LogP contribution is 2.28. The summed E-state index contributed by atoms with van der Waals surface area (Å²) in [5.41, 5.74) is 1.13. The molecule has 1 saturated heterocycles. The summed E-state index contributed by atoms with van der Waals surface area (Å²) in [6.07, 6.45) is 0. The predicted octanol–water partition coefficient (Wildman–Crippen LogP) is 3.56. The van der Waals surface area contributed by atoms with Gasteiger partial charge in [-0.15, -0.1) is 0 Å². The number of halogens is 2. The normalized spacial score (nSPS) is 14.6. The number of benzene rings is 2. The van der Waals surface area contributed by atoms with E-state index in [1.54, 1.807) is 18.1 Å². The van der Waals surface area contributed by atoms with E-state index >= 15 is 0 Å². The standard InChI is InChI=1S/C18H18BrFN2O2/c1-24-17-5-3-2-4-16(17)21-8-10-22(11-9-21)18(23)14-7-6-13(19)12-15(14)20/h2-7,12H,8-11H2,1H3. The molecule has 6 heteroatoms. The van der Waals surface area contributed by atoms with Gasteiger partial charge in [-0.25, -0.2) is 4.39 Å². The minimum absolute atomic E-state index is 0.115. The molecule has 1 heterocycles. The number of ether oxygens (including phenoxy) is 1. The van der Waals surface area contributed by atoms with Crippen molar-refractivity contribution in [2.75, 3.05) is 38.2 Å². The third-order valence-corrected chi connectivity index (χ3v) is 4.65. The molecule has 2 aromatic rings. The van der Waals surface area contributed by atoms with Gasteiger partial charge in [0, 0.05) is 30.7 Å². The lowest BCUT2D eigenvalue weighted by molar-refractivity contribution is 0.0742. The van der Waals surface area contributed by atoms with Crippen molar-refractivity contribution in [3.63, 3.8) is 0 Å². The topological polar surface area (TPSA) is 32.8 Å². The van der Waals surface area contributed by atoms with Crippen molar-refractivity contribution in [3.8, 4) is 5.75 Å². The van der Waals surface area contributed by atoms with Crippen LogP contribution in [0.15, 0.2) is 46.9 Å². The van der Waals surface area contributed by atoms with E-state index in [-0.39, 0.29) is 11.5 Å². The van der Waals surface area contributed by atoms with Crippen LogP contribution in [0.4, 0.5) is 10.1 Å². The predicted molar refractivity (Wildman–Crippen MR) is 95.2 cm³/mol. The second-order valence-corrected chi connectivity index (χ2v) is 6.49. The lowest BCUT2D eigenvalue weighted by atomic mass is 10.1. The first kappa shape index (κ1) is 16.8. The van der Waals surface area contributed by atoms with Gasteiger partial charge >= 0.3 is 0 Å². The average molecular weight is 393 g/mol. The van der Waals surface area contributed by atoms with Crippen LogP contribution in [-0.2, 0) is 0 Å². The quantitative estimate of drug-likeness (QED) is 0.800. The van der Waals surface area contributed by atoms with Crippen molar-refractivity contribution in [1.82, 2.24) is 4.90 Å². The number of amides is 1. The SMILES string of the molecule is COc1ccccc1N1CCN(C(=O)c2ccc(Br)cc2F)CC1. The van der Waals surface area contributed by atoms with E-state index in [1.807, 2.05) is 24.3 Å². The number of carbonyl (C=O) groups excluding carboxylic acids is 1. The molecule has 3 rings (SSSR count). The molecular formula is C18H18BrFN2O2. The fourth-order valence-electron chi connectivity index (χ4n) is 2.87. The molecule has 1 fully saturated rings. The zero-order valence-electron chi connectivity index (χ0n) is 13.3. The number of carbonyl (C=O) groups is 1. The Hall–Kier alpha value is -2.08. The monoisotopic (exact) mass is 392 g/mol. The summed E-state index contributed by atoms with van der Waals surface area (Å²) >= 11 is 3.21. The van der Waals surface area contributed by atoms with E-state index < -0.39 is 5.82 Å². The lowest BCUT2D eigenvalue weighted by Gasteiger charge is -2.36. The molecule has 1 aliphatic rings. The Labute approximate surface area is 149 Å². The summed E-state index contributed by atoms with van der Waals surface area (Å²) in [5, 5.41) is 0. The fourth-order valence-corrected chi connectivity index (χ4v) is 3.21. The molecule has 0 spiro atoms. The van der Waals surface area contributed by atoms with E-state index in [1.165, 1.54) is 12.1 Å². The Morgan fingerprint density at radius 1 is 1.12 bits per heavy atom. The molecule has 0 atom stereocenters. The molecule has 0 radical (unpaired) electrons. The van der Waals surface area contributed by atoms with Crippen LogP contribution >= 0.6 is 15.9 Å². The van der Waals surface area contributed by atoms with Crippen molar-refractivity contribution in [3.05, 3.63) is 58.3 Å². The van der Waals surface area contributed by atoms with Gasteiger partial charge in [0.1, 0.15) is 11.6 Å². The van der Waals surface area contributed by atoms with Crippen LogP contribution in [0, 0.1) is 5.82 Å². The maximum absolute atomic E-state index is 14.0. The summed E-state index contributed by atoms with van der Waals surface area (Å²) in [6, 6.07) is 12.3. The zero-order valence-corrected chi connectivity index (χ0v) is 14.9. The summed E-state index contributed by atoms with van der Waals surface area (Å²) in [6.45, 7) is 2.47. The summed E-state index contributed by atoms with van der Waals surface area (Å²) in [7, 11) is 1.65. The number of anilines is 1. The first-order chi connectivity index (χ1) is 11.6. The molecule has 126 valence electrons. The van der Waals surface area contributed by atoms with Crippen molar-refractivity contribution < 1.29 is 13.9 Å². The number of piperazine rings is 1. The highest BCUT2D eigenvalue weighted by atomic mass is 79.9. The van der Waals surface area contributed by atoms with E-state index in [4.69, 9.17) is 4.74 Å². The molecule has 0 bridgehead atoms. The third-order valence-electron chi connectivity index (χ3n) is 4.15. The third kappa shape index (κ3) is 3.38. The van der Waals surface area contributed by atoms with Crippen molar-refractivity contribution in [2.24, 2.45) is 0 Å². The second kappa shape index (κ2) is 7.21. The van der Waals surface area contributed by atoms with Crippen LogP contribution in [0.25, 0.3) is 0 Å². The number of nitrogens with zero attached hydrogens (tertiary/aromatic N) is 2. The molecule has 0 saturated carbocycles. The molecule has 24 heavy (non-hydrogen) atoms. The zero-order chi connectivity index (χ0) is 17.1. The Morgan fingerprint density at radius 2 is 1.83 bits per heavy atom. The van der Waals surface area contributed by atoms with Gasteiger partial charge < -0.3 is 14.5 Å². The number of rotatable bonds is 3. The van der Waals surface area contributed by atoms with Crippen molar-refractivity contribution in [1.29, 1.82) is 0 Å². The molecule has 0 N–H and O–H groups in total. The number of methoxy groups -OCH3 is 1. The second-order valence-electron chi connectivity index (χ2n) is 5.58. The largest absolute Gasteiger partial charge is 0.495 e. The maximum Gasteiger partial charge on any atom is 0.256 e. The highest BCUT2D eigenvalue weighted by molar-refractivity contribution is 9.10. The maximum atomic E-state index is 14.0. The molecule has 1 amide bonds. The first-order valence-corrected chi connectivity index (χ1v) is 8.51. The fraction of sp³-hybridized carbons (Fsp3) is 0.278. The van der Waals surface area contributed by atoms with Gasteiger partial charge in [0.2, 0.25) is 0 Å². The Morgan fingerprint density at radius 3 is 2.50 bits per heavy atom. The number of para-hydroxylation sites is 2. The van der Waals surface area contributed by atoms with Gasteiger partial charge in [0.15, 0.2) is 0 Å². The van der Waals surface area contributed by atoms with Crippen LogP contribution < -0.4 is 9.64 Å². The Bertz CT molecular complexity index is 746. The van der Waals surface area contributed by atoms with Gasteiger partial charge in [0.25, 0.3) is 5.91 Å². The summed E-state index contributed by atoms with van der Waals surface area (Å²) in [5.74, 6) is 0.0532. The first-order valence-electron chi connectivity index (χ1n) is 7.72. The van der Waals surface area contributed by atoms with Crippen molar-refractivity contribution >= 4 is 27.5 Å². The minimum atomic E-state index is -0.499. The number of hydrogen-bond acceptors (Lipinski definition) is 3. The summed E-state index contributed by atoms with van der Waals surface area (Å²) < 4.78 is 20.0. The molecule has 0 unspecified atom stereocenters. The molecule has 0 aliphatic carbocycles. The van der Waals surface area contributed by atoms with Crippen LogP contribution in [0.3, 0.4) is 0 Å². The van der Waals surface area contributed by atoms with Crippen LogP contribution in [0.2, 0.25) is 0 Å². The Balaban J connectivity index is 1.69. The van der Waals surface area contributed by atoms with E-state index in [2.05, 4.69) is 20.8 Å². The van der Waals surface area contributed by atoms with Gasteiger partial charge in [0.05, 0.1) is 18.4 Å². The van der Waals surface area contributed by atoms with Gasteiger partial charge in [-0.3, -0.25) is 4.79 Å². The van der Waals surface area contributed by atoms with Gasteiger partial charge in [-0.2, -0.15) is 0 Å². The number of hydrogen-bond donors (Lipinski definition) is 0. The van der Waals surface area contributed by atoms with Crippen LogP contribution in [0.5, 0.6) is 5.75 Å². The molecule has 4 nitrogen and oxygen atoms in total. The van der Waals surface area contributed by atoms with Crippen molar-refractivity contribution in [2.45, 2.75) is 0 Å². The van der Waals surface area contributed by atoms with Gasteiger partial charge in [-0.05, 0) is 30.3 Å². The van der Waals surface area contributed by atoms with Crippen LogP contribution in [-0.4, -0.2) is 44.1 Å². The molecular weight excluding hydrogens is 375 g/mol. The van der Waals surface area contributed by atoms with E-state index in [9.17, 15) is 9.18 Å².